The van der Waals surface area contributed by atoms with E-state index in [0.29, 0.717) is 17.9 Å². The van der Waals surface area contributed by atoms with Gasteiger partial charge in [-0.15, -0.1) is 12.4 Å². The fourth-order valence-electron chi connectivity index (χ4n) is 2.21. The summed E-state index contributed by atoms with van der Waals surface area (Å²) in [6, 6.07) is 12.7. The highest BCUT2D eigenvalue weighted by Gasteiger charge is 2.08. The van der Waals surface area contributed by atoms with Gasteiger partial charge in [0.25, 0.3) is 5.91 Å². The predicted octanol–water partition coefficient (Wildman–Crippen LogP) is 4.82. The Morgan fingerprint density at radius 1 is 1.12 bits per heavy atom. The molecule has 130 valence electrons. The van der Waals surface area contributed by atoms with Crippen LogP contribution in [0.4, 0.5) is 11.4 Å². The summed E-state index contributed by atoms with van der Waals surface area (Å²) in [6.07, 6.45) is 3.39. The van der Waals surface area contributed by atoms with E-state index in [4.69, 9.17) is 10.5 Å². The highest BCUT2D eigenvalue weighted by atomic mass is 35.5. The molecule has 24 heavy (non-hydrogen) atoms. The highest BCUT2D eigenvalue weighted by molar-refractivity contribution is 6.04. The van der Waals surface area contributed by atoms with Crippen molar-refractivity contribution >= 4 is 29.7 Å². The van der Waals surface area contributed by atoms with Crippen LogP contribution in [0.2, 0.25) is 0 Å². The first-order chi connectivity index (χ1) is 11.1. The van der Waals surface area contributed by atoms with Crippen molar-refractivity contribution < 1.29 is 9.53 Å². The fourth-order valence-corrected chi connectivity index (χ4v) is 2.21. The number of halogens is 1. The van der Waals surface area contributed by atoms with Gasteiger partial charge >= 0.3 is 0 Å². The minimum atomic E-state index is -0.156. The van der Waals surface area contributed by atoms with Crippen molar-refractivity contribution in [2.24, 2.45) is 0 Å². The number of benzene rings is 2. The molecule has 0 fully saturated rings. The molecule has 0 radical (unpaired) electrons. The van der Waals surface area contributed by atoms with Gasteiger partial charge in [-0.3, -0.25) is 4.79 Å². The zero-order valence-corrected chi connectivity index (χ0v) is 15.0. The van der Waals surface area contributed by atoms with Gasteiger partial charge in [-0.05, 0) is 55.3 Å². The van der Waals surface area contributed by atoms with Crippen LogP contribution >= 0.6 is 12.4 Å². The van der Waals surface area contributed by atoms with Crippen LogP contribution in [0.25, 0.3) is 0 Å². The standard InChI is InChI=1S/C19H24N2O2.ClH/c1-3-4-5-12-23-17-10-7-15(8-11-17)19(22)21-18-13-16(20)9-6-14(18)2;/h6-11,13H,3-5,12,20H2,1-2H3,(H,21,22);1H. The number of nitrogens with two attached hydrogens (primary N) is 1. The summed E-state index contributed by atoms with van der Waals surface area (Å²) < 4.78 is 5.65. The maximum Gasteiger partial charge on any atom is 0.255 e. The molecule has 0 aliphatic carbocycles. The number of aryl methyl sites for hydroxylation is 1. The highest BCUT2D eigenvalue weighted by Crippen LogP contribution is 2.20. The summed E-state index contributed by atoms with van der Waals surface area (Å²) in [5, 5.41) is 2.89. The van der Waals surface area contributed by atoms with E-state index in [0.717, 1.165) is 23.4 Å². The number of hydrogen-bond donors (Lipinski definition) is 2. The quantitative estimate of drug-likeness (QED) is 0.557. The molecular formula is C19H25ClN2O2. The van der Waals surface area contributed by atoms with Crippen molar-refractivity contribution in [3.05, 3.63) is 53.6 Å². The molecule has 0 saturated heterocycles. The molecule has 0 aliphatic heterocycles. The Morgan fingerprint density at radius 2 is 1.83 bits per heavy atom. The third-order valence-corrected chi connectivity index (χ3v) is 3.64. The zero-order chi connectivity index (χ0) is 16.7. The molecule has 2 aromatic rings. The Kier molecular flexibility index (Phi) is 8.13. The average molecular weight is 349 g/mol. The third-order valence-electron chi connectivity index (χ3n) is 3.64. The molecule has 4 nitrogen and oxygen atoms in total. The lowest BCUT2D eigenvalue weighted by atomic mass is 10.1. The molecule has 0 atom stereocenters. The molecule has 0 spiro atoms. The van der Waals surface area contributed by atoms with Crippen molar-refractivity contribution in [3.63, 3.8) is 0 Å². The topological polar surface area (TPSA) is 64.3 Å². The Morgan fingerprint density at radius 3 is 2.50 bits per heavy atom. The Hall–Kier alpha value is -2.20. The molecular weight excluding hydrogens is 324 g/mol. The first kappa shape index (κ1) is 19.8. The molecule has 1 amide bonds. The zero-order valence-electron chi connectivity index (χ0n) is 14.2. The maximum atomic E-state index is 12.3. The summed E-state index contributed by atoms with van der Waals surface area (Å²) >= 11 is 0. The molecule has 0 aromatic heterocycles. The van der Waals surface area contributed by atoms with Gasteiger partial charge in [0.15, 0.2) is 0 Å². The lowest BCUT2D eigenvalue weighted by Gasteiger charge is -2.10. The van der Waals surface area contributed by atoms with Gasteiger partial charge < -0.3 is 15.8 Å². The SMILES string of the molecule is CCCCCOc1ccc(C(=O)Nc2cc(N)ccc2C)cc1.Cl. The van der Waals surface area contributed by atoms with Crippen molar-refractivity contribution in [1.29, 1.82) is 0 Å². The summed E-state index contributed by atoms with van der Waals surface area (Å²) in [6.45, 7) is 4.81. The Labute approximate surface area is 149 Å². The van der Waals surface area contributed by atoms with E-state index < -0.39 is 0 Å². The van der Waals surface area contributed by atoms with Gasteiger partial charge in [0.1, 0.15) is 5.75 Å². The summed E-state index contributed by atoms with van der Waals surface area (Å²) in [4.78, 5) is 12.3. The number of nitrogen functional groups attached to an aromatic ring is 1. The predicted molar refractivity (Wildman–Crippen MR) is 102 cm³/mol. The monoisotopic (exact) mass is 348 g/mol. The maximum absolute atomic E-state index is 12.3. The Balaban J connectivity index is 0.00000288. The largest absolute Gasteiger partial charge is 0.494 e. The van der Waals surface area contributed by atoms with Crippen molar-refractivity contribution in [2.45, 2.75) is 33.1 Å². The van der Waals surface area contributed by atoms with E-state index in [9.17, 15) is 4.79 Å². The molecule has 0 saturated carbocycles. The second-order valence-corrected chi connectivity index (χ2v) is 5.61. The number of unbranched alkanes of at least 4 members (excludes halogenated alkanes) is 2. The fraction of sp³-hybridized carbons (Fsp3) is 0.316. The molecule has 0 aliphatic rings. The van der Waals surface area contributed by atoms with Crippen LogP contribution in [-0.4, -0.2) is 12.5 Å². The molecule has 2 rings (SSSR count). The molecule has 5 heteroatoms. The summed E-state index contributed by atoms with van der Waals surface area (Å²) in [7, 11) is 0. The third kappa shape index (κ3) is 5.78. The van der Waals surface area contributed by atoms with Crippen molar-refractivity contribution in [1.82, 2.24) is 0 Å². The van der Waals surface area contributed by atoms with Gasteiger partial charge in [-0.25, -0.2) is 0 Å². The average Bonchev–Trinajstić information content (AvgIpc) is 2.55. The minimum absolute atomic E-state index is 0. The van der Waals surface area contributed by atoms with Crippen LogP contribution in [0.5, 0.6) is 5.75 Å². The van der Waals surface area contributed by atoms with Crippen LogP contribution < -0.4 is 15.8 Å². The molecule has 0 unspecified atom stereocenters. The molecule has 0 bridgehead atoms. The second kappa shape index (κ2) is 9.83. The first-order valence-electron chi connectivity index (χ1n) is 8.00. The van der Waals surface area contributed by atoms with Crippen molar-refractivity contribution in [3.8, 4) is 5.75 Å². The van der Waals surface area contributed by atoms with E-state index in [1.54, 1.807) is 18.2 Å². The van der Waals surface area contributed by atoms with Crippen LogP contribution in [0.3, 0.4) is 0 Å². The number of rotatable bonds is 7. The van der Waals surface area contributed by atoms with Crippen LogP contribution in [0.1, 0.15) is 42.1 Å². The number of amides is 1. The van der Waals surface area contributed by atoms with Gasteiger partial charge in [0, 0.05) is 16.9 Å². The van der Waals surface area contributed by atoms with Crippen LogP contribution in [-0.2, 0) is 0 Å². The van der Waals surface area contributed by atoms with E-state index >= 15 is 0 Å². The Bertz CT molecular complexity index is 657. The second-order valence-electron chi connectivity index (χ2n) is 5.61. The van der Waals surface area contributed by atoms with Gasteiger partial charge in [-0.2, -0.15) is 0 Å². The van der Waals surface area contributed by atoms with E-state index in [1.165, 1.54) is 12.8 Å². The molecule has 2 aromatic carbocycles. The number of ether oxygens (including phenoxy) is 1. The number of nitrogens with one attached hydrogen (secondary N) is 1. The van der Waals surface area contributed by atoms with E-state index in [2.05, 4.69) is 12.2 Å². The number of carbonyl (C=O) groups excluding carboxylic acids is 1. The van der Waals surface area contributed by atoms with Crippen molar-refractivity contribution in [2.75, 3.05) is 17.7 Å². The normalized spacial score (nSPS) is 9.92. The number of anilines is 2. The van der Waals surface area contributed by atoms with E-state index in [1.807, 2.05) is 31.2 Å². The van der Waals surface area contributed by atoms with Gasteiger partial charge in [0.2, 0.25) is 0 Å². The van der Waals surface area contributed by atoms with Crippen LogP contribution in [0.15, 0.2) is 42.5 Å². The number of hydrogen-bond acceptors (Lipinski definition) is 3. The number of carbonyl (C=O) groups is 1. The summed E-state index contributed by atoms with van der Waals surface area (Å²) in [5.74, 6) is 0.633. The molecule has 0 heterocycles. The smallest absolute Gasteiger partial charge is 0.255 e. The first-order valence-corrected chi connectivity index (χ1v) is 8.00. The lowest BCUT2D eigenvalue weighted by Crippen LogP contribution is -2.13. The molecule has 3 N–H and O–H groups in total. The lowest BCUT2D eigenvalue weighted by molar-refractivity contribution is 0.102. The van der Waals surface area contributed by atoms with Gasteiger partial charge in [-0.1, -0.05) is 25.8 Å². The van der Waals surface area contributed by atoms with E-state index in [-0.39, 0.29) is 18.3 Å². The van der Waals surface area contributed by atoms with Gasteiger partial charge in [0.05, 0.1) is 6.61 Å². The van der Waals surface area contributed by atoms with Crippen LogP contribution in [0, 0.1) is 6.92 Å². The summed E-state index contributed by atoms with van der Waals surface area (Å²) in [5.41, 5.74) is 8.69. The minimum Gasteiger partial charge on any atom is -0.494 e.